The molecule has 0 radical (unpaired) electrons. The maximum Gasteiger partial charge on any atom is 0.309 e. The molecule has 5 heteroatoms. The third-order valence-corrected chi connectivity index (χ3v) is 4.11. The number of rotatable bonds is 4. The molecule has 1 aromatic carbocycles. The number of methoxy groups -OCH3 is 1. The summed E-state index contributed by atoms with van der Waals surface area (Å²) >= 11 is 0. The summed E-state index contributed by atoms with van der Waals surface area (Å²) in [6, 6.07) is 4.47. The Bertz CT molecular complexity index is 496. The van der Waals surface area contributed by atoms with Crippen LogP contribution >= 0.6 is 0 Å². The highest BCUT2D eigenvalue weighted by atomic mass is 19.1. The van der Waals surface area contributed by atoms with Crippen LogP contribution in [0.15, 0.2) is 18.2 Å². The van der Waals surface area contributed by atoms with Crippen LogP contribution < -0.4 is 4.74 Å². The normalized spacial score (nSPS) is 18.8. The first-order valence-electron chi connectivity index (χ1n) is 6.73. The van der Waals surface area contributed by atoms with Gasteiger partial charge in [0.1, 0.15) is 11.6 Å². The number of carbonyl (C=O) groups is 1. The zero-order valence-electron chi connectivity index (χ0n) is 11.9. The van der Waals surface area contributed by atoms with Crippen LogP contribution in [-0.4, -0.2) is 36.2 Å². The number of carboxylic acid groups (broad SMARTS) is 1. The van der Waals surface area contributed by atoms with Gasteiger partial charge in [-0.05, 0) is 51.1 Å². The van der Waals surface area contributed by atoms with Crippen molar-refractivity contribution in [1.82, 2.24) is 4.90 Å². The third-order valence-electron chi connectivity index (χ3n) is 4.11. The fourth-order valence-electron chi connectivity index (χ4n) is 2.53. The van der Waals surface area contributed by atoms with Crippen molar-refractivity contribution in [3.8, 4) is 5.75 Å². The fourth-order valence-corrected chi connectivity index (χ4v) is 2.53. The molecule has 1 saturated heterocycles. The summed E-state index contributed by atoms with van der Waals surface area (Å²) in [5.41, 5.74) is 0.161. The largest absolute Gasteiger partial charge is 0.496 e. The summed E-state index contributed by atoms with van der Waals surface area (Å²) in [6.45, 7) is 3.76. The molecule has 0 saturated carbocycles. The van der Waals surface area contributed by atoms with Crippen LogP contribution in [0.1, 0.15) is 25.3 Å². The first kappa shape index (κ1) is 14.8. The molecule has 0 aliphatic carbocycles. The van der Waals surface area contributed by atoms with Gasteiger partial charge in [-0.2, -0.15) is 0 Å². The van der Waals surface area contributed by atoms with Gasteiger partial charge in [-0.25, -0.2) is 4.39 Å². The second-order valence-electron chi connectivity index (χ2n) is 5.60. The molecule has 0 spiro atoms. The highest BCUT2D eigenvalue weighted by Gasteiger charge is 2.36. The highest BCUT2D eigenvalue weighted by molar-refractivity contribution is 5.74. The second-order valence-corrected chi connectivity index (χ2v) is 5.60. The Morgan fingerprint density at radius 3 is 2.65 bits per heavy atom. The SMILES string of the molecule is COc1ccc(F)cc1CN1CCC(C)(C(=O)O)CC1. The van der Waals surface area contributed by atoms with Crippen LogP contribution in [0, 0.1) is 11.2 Å². The van der Waals surface area contributed by atoms with Crippen LogP contribution in [0.2, 0.25) is 0 Å². The van der Waals surface area contributed by atoms with Crippen molar-refractivity contribution in [2.75, 3.05) is 20.2 Å². The third kappa shape index (κ3) is 3.10. The number of aliphatic carboxylic acids is 1. The van der Waals surface area contributed by atoms with Crippen molar-refractivity contribution in [3.05, 3.63) is 29.6 Å². The van der Waals surface area contributed by atoms with Crippen LogP contribution in [0.3, 0.4) is 0 Å². The van der Waals surface area contributed by atoms with Gasteiger partial charge in [0.05, 0.1) is 12.5 Å². The zero-order chi connectivity index (χ0) is 14.8. The lowest BCUT2D eigenvalue weighted by molar-refractivity contribution is -0.150. The predicted molar refractivity (Wildman–Crippen MR) is 73.2 cm³/mol. The standard InChI is InChI=1S/C15H20FNO3/c1-15(14(18)19)5-7-17(8-6-15)10-11-9-12(16)3-4-13(11)20-2/h3-4,9H,5-8,10H2,1-2H3,(H,18,19). The lowest BCUT2D eigenvalue weighted by atomic mass is 9.80. The van der Waals surface area contributed by atoms with Crippen molar-refractivity contribution in [2.24, 2.45) is 5.41 Å². The van der Waals surface area contributed by atoms with E-state index in [1.54, 1.807) is 20.1 Å². The molecule has 1 N–H and O–H groups in total. The van der Waals surface area contributed by atoms with Crippen molar-refractivity contribution in [2.45, 2.75) is 26.3 Å². The first-order chi connectivity index (χ1) is 9.44. The van der Waals surface area contributed by atoms with Crippen molar-refractivity contribution >= 4 is 5.97 Å². The van der Waals surface area contributed by atoms with E-state index in [1.807, 2.05) is 0 Å². The number of halogens is 1. The van der Waals surface area contributed by atoms with E-state index < -0.39 is 11.4 Å². The molecule has 20 heavy (non-hydrogen) atoms. The second kappa shape index (κ2) is 5.79. The molecule has 2 rings (SSSR count). The topological polar surface area (TPSA) is 49.8 Å². The number of hydrogen-bond donors (Lipinski definition) is 1. The molecule has 1 heterocycles. The van der Waals surface area contributed by atoms with E-state index in [-0.39, 0.29) is 5.82 Å². The smallest absolute Gasteiger partial charge is 0.309 e. The summed E-state index contributed by atoms with van der Waals surface area (Å²) in [4.78, 5) is 13.3. The van der Waals surface area contributed by atoms with Crippen LogP contribution in [0.5, 0.6) is 5.75 Å². The first-order valence-corrected chi connectivity index (χ1v) is 6.73. The van der Waals surface area contributed by atoms with Crippen molar-refractivity contribution in [3.63, 3.8) is 0 Å². The molecular formula is C15H20FNO3. The monoisotopic (exact) mass is 281 g/mol. The number of benzene rings is 1. The Labute approximate surface area is 118 Å². The van der Waals surface area contributed by atoms with Gasteiger partial charge in [-0.1, -0.05) is 0 Å². The van der Waals surface area contributed by atoms with Crippen molar-refractivity contribution in [1.29, 1.82) is 0 Å². The van der Waals surface area contributed by atoms with Crippen molar-refractivity contribution < 1.29 is 19.0 Å². The molecule has 0 amide bonds. The number of piperidine rings is 1. The maximum atomic E-state index is 13.3. The summed E-state index contributed by atoms with van der Waals surface area (Å²) in [7, 11) is 1.56. The van der Waals surface area contributed by atoms with Gasteiger partial charge >= 0.3 is 5.97 Å². The molecule has 0 aromatic heterocycles. The highest BCUT2D eigenvalue weighted by Crippen LogP contribution is 2.32. The fraction of sp³-hybridized carbons (Fsp3) is 0.533. The number of hydrogen-bond acceptors (Lipinski definition) is 3. The predicted octanol–water partition coefficient (Wildman–Crippen LogP) is 2.52. The minimum absolute atomic E-state index is 0.284. The average Bonchev–Trinajstić information content (AvgIpc) is 2.42. The molecule has 0 unspecified atom stereocenters. The van der Waals surface area contributed by atoms with Gasteiger partial charge in [-0.3, -0.25) is 9.69 Å². The van der Waals surface area contributed by atoms with Gasteiger partial charge < -0.3 is 9.84 Å². The molecule has 1 fully saturated rings. The van der Waals surface area contributed by atoms with E-state index >= 15 is 0 Å². The molecular weight excluding hydrogens is 261 g/mol. The van der Waals surface area contributed by atoms with E-state index in [0.717, 1.165) is 5.56 Å². The van der Waals surface area contributed by atoms with E-state index in [0.29, 0.717) is 38.2 Å². The van der Waals surface area contributed by atoms with Crippen LogP contribution in [0.25, 0.3) is 0 Å². The maximum absolute atomic E-state index is 13.3. The Morgan fingerprint density at radius 2 is 2.10 bits per heavy atom. The summed E-state index contributed by atoms with van der Waals surface area (Å²) in [5.74, 6) is -0.355. The lowest BCUT2D eigenvalue weighted by Gasteiger charge is -2.36. The Hall–Kier alpha value is -1.62. The molecule has 1 aromatic rings. The minimum atomic E-state index is -0.736. The molecule has 0 bridgehead atoms. The minimum Gasteiger partial charge on any atom is -0.496 e. The molecule has 1 aliphatic rings. The zero-order valence-corrected chi connectivity index (χ0v) is 11.9. The quantitative estimate of drug-likeness (QED) is 0.921. The number of carboxylic acids is 1. The van der Waals surface area contributed by atoms with Gasteiger partial charge in [0.25, 0.3) is 0 Å². The van der Waals surface area contributed by atoms with E-state index in [2.05, 4.69) is 4.90 Å². The van der Waals surface area contributed by atoms with Gasteiger partial charge in [0, 0.05) is 12.1 Å². The summed E-state index contributed by atoms with van der Waals surface area (Å²) < 4.78 is 18.5. The van der Waals surface area contributed by atoms with E-state index in [4.69, 9.17) is 4.74 Å². The average molecular weight is 281 g/mol. The van der Waals surface area contributed by atoms with Gasteiger partial charge in [0.2, 0.25) is 0 Å². The number of likely N-dealkylation sites (tertiary alicyclic amines) is 1. The number of ether oxygens (including phenoxy) is 1. The van der Waals surface area contributed by atoms with E-state index in [9.17, 15) is 14.3 Å². The van der Waals surface area contributed by atoms with Crippen LogP contribution in [0.4, 0.5) is 4.39 Å². The molecule has 1 aliphatic heterocycles. The molecule has 110 valence electrons. The van der Waals surface area contributed by atoms with Gasteiger partial charge in [0.15, 0.2) is 0 Å². The summed E-state index contributed by atoms with van der Waals surface area (Å²) in [6.07, 6.45) is 1.22. The number of nitrogens with zero attached hydrogens (tertiary/aromatic N) is 1. The van der Waals surface area contributed by atoms with Gasteiger partial charge in [-0.15, -0.1) is 0 Å². The Kier molecular flexibility index (Phi) is 4.28. The molecule has 4 nitrogen and oxygen atoms in total. The Morgan fingerprint density at radius 1 is 1.45 bits per heavy atom. The Balaban J connectivity index is 2.03. The molecule has 0 atom stereocenters. The lowest BCUT2D eigenvalue weighted by Crippen LogP contribution is -2.42. The summed E-state index contributed by atoms with van der Waals surface area (Å²) in [5, 5.41) is 9.20. The van der Waals surface area contributed by atoms with Crippen LogP contribution in [-0.2, 0) is 11.3 Å². The van der Waals surface area contributed by atoms with E-state index in [1.165, 1.54) is 12.1 Å².